The van der Waals surface area contributed by atoms with Gasteiger partial charge in [-0.05, 0) is 34.5 Å². The number of carboxylic acid groups (broad SMARTS) is 1. The summed E-state index contributed by atoms with van der Waals surface area (Å²) in [6.45, 7) is 0.394. The zero-order valence-electron chi connectivity index (χ0n) is 9.83. The van der Waals surface area contributed by atoms with Gasteiger partial charge in [-0.1, -0.05) is 0 Å². The highest BCUT2D eigenvalue weighted by molar-refractivity contribution is 7.10. The Morgan fingerprint density at radius 2 is 2.16 bits per heavy atom. The van der Waals surface area contributed by atoms with Crippen LogP contribution in [0.25, 0.3) is 6.08 Å². The molecule has 0 aliphatic heterocycles. The van der Waals surface area contributed by atoms with Crippen molar-refractivity contribution in [3.8, 4) is 0 Å². The van der Waals surface area contributed by atoms with Crippen LogP contribution in [0.3, 0.4) is 0 Å². The van der Waals surface area contributed by atoms with Crippen molar-refractivity contribution in [2.45, 2.75) is 6.54 Å². The number of amides is 1. The molecule has 0 aliphatic carbocycles. The van der Waals surface area contributed by atoms with Crippen molar-refractivity contribution in [1.82, 2.24) is 5.32 Å². The molecule has 1 amide bonds. The minimum atomic E-state index is -0.987. The number of nitrogens with one attached hydrogen (secondary N) is 1. The van der Waals surface area contributed by atoms with Crippen LogP contribution in [-0.2, 0) is 11.3 Å². The lowest BCUT2D eigenvalue weighted by Gasteiger charge is -2.03. The predicted molar refractivity (Wildman–Crippen MR) is 76.5 cm³/mol. The van der Waals surface area contributed by atoms with Crippen LogP contribution >= 0.6 is 22.7 Å². The van der Waals surface area contributed by atoms with E-state index in [1.807, 2.05) is 16.8 Å². The molecular formula is C13H11NO3S2. The maximum Gasteiger partial charge on any atom is 0.328 e. The van der Waals surface area contributed by atoms with Gasteiger partial charge in [-0.25, -0.2) is 4.79 Å². The topological polar surface area (TPSA) is 66.4 Å². The van der Waals surface area contributed by atoms with E-state index in [2.05, 4.69) is 5.32 Å². The molecule has 2 aromatic rings. The van der Waals surface area contributed by atoms with E-state index in [0.29, 0.717) is 12.1 Å². The first kappa shape index (κ1) is 13.5. The van der Waals surface area contributed by atoms with E-state index in [-0.39, 0.29) is 5.91 Å². The minimum absolute atomic E-state index is 0.122. The summed E-state index contributed by atoms with van der Waals surface area (Å²) in [7, 11) is 0. The number of carbonyl (C=O) groups is 2. The first-order chi connectivity index (χ1) is 9.16. The summed E-state index contributed by atoms with van der Waals surface area (Å²) in [6.07, 6.45) is 2.62. The number of rotatable bonds is 5. The van der Waals surface area contributed by atoms with Crippen molar-refractivity contribution < 1.29 is 14.7 Å². The Kier molecular flexibility index (Phi) is 4.48. The summed E-state index contributed by atoms with van der Waals surface area (Å²) in [4.78, 5) is 23.2. The van der Waals surface area contributed by atoms with Crippen molar-refractivity contribution in [3.63, 3.8) is 0 Å². The van der Waals surface area contributed by atoms with E-state index < -0.39 is 5.97 Å². The van der Waals surface area contributed by atoms with Gasteiger partial charge in [-0.15, -0.1) is 11.3 Å². The Labute approximate surface area is 118 Å². The molecule has 2 N–H and O–H groups in total. The standard InChI is InChI=1S/C13H11NO3S2/c15-12(16)2-1-9-4-6-19-11(9)7-14-13(17)10-3-5-18-8-10/h1-6,8H,7H2,(H,14,17)(H,15,16). The molecule has 6 heteroatoms. The molecule has 0 unspecified atom stereocenters. The lowest BCUT2D eigenvalue weighted by atomic mass is 10.2. The van der Waals surface area contributed by atoms with Crippen molar-refractivity contribution in [2.24, 2.45) is 0 Å². The summed E-state index contributed by atoms with van der Waals surface area (Å²) in [5, 5.41) is 16.9. The fourth-order valence-electron chi connectivity index (χ4n) is 1.46. The minimum Gasteiger partial charge on any atom is -0.478 e. The largest absolute Gasteiger partial charge is 0.478 e. The molecule has 19 heavy (non-hydrogen) atoms. The van der Waals surface area contributed by atoms with Crippen molar-refractivity contribution in [1.29, 1.82) is 0 Å². The van der Waals surface area contributed by atoms with E-state index in [9.17, 15) is 9.59 Å². The molecule has 0 fully saturated rings. The fraction of sp³-hybridized carbons (Fsp3) is 0.0769. The lowest BCUT2D eigenvalue weighted by Crippen LogP contribution is -2.21. The van der Waals surface area contributed by atoms with E-state index in [1.165, 1.54) is 28.7 Å². The van der Waals surface area contributed by atoms with Gasteiger partial charge >= 0.3 is 5.97 Å². The Hall–Kier alpha value is -1.92. The molecule has 0 atom stereocenters. The molecule has 98 valence electrons. The summed E-state index contributed by atoms with van der Waals surface area (Å²) < 4.78 is 0. The third kappa shape index (κ3) is 3.77. The van der Waals surface area contributed by atoms with Crippen LogP contribution in [0.2, 0.25) is 0 Å². The molecule has 0 bridgehead atoms. The van der Waals surface area contributed by atoms with Crippen LogP contribution in [-0.4, -0.2) is 17.0 Å². The van der Waals surface area contributed by atoms with Crippen LogP contribution in [0, 0.1) is 0 Å². The lowest BCUT2D eigenvalue weighted by molar-refractivity contribution is -0.131. The number of thiophene rings is 2. The summed E-state index contributed by atoms with van der Waals surface area (Å²) in [6, 6.07) is 3.59. The monoisotopic (exact) mass is 293 g/mol. The number of hydrogen-bond donors (Lipinski definition) is 2. The van der Waals surface area contributed by atoms with Crippen LogP contribution < -0.4 is 5.32 Å². The number of hydrogen-bond acceptors (Lipinski definition) is 4. The quantitative estimate of drug-likeness (QED) is 0.833. The third-order valence-electron chi connectivity index (χ3n) is 2.38. The molecule has 0 aliphatic rings. The fourth-order valence-corrected chi connectivity index (χ4v) is 2.90. The summed E-state index contributed by atoms with van der Waals surface area (Å²) in [5.41, 5.74) is 1.46. The number of carboxylic acids is 1. The molecule has 0 saturated heterocycles. The molecule has 2 aromatic heterocycles. The van der Waals surface area contributed by atoms with Gasteiger partial charge in [-0.2, -0.15) is 11.3 Å². The predicted octanol–water partition coefficient (Wildman–Crippen LogP) is 2.84. The Balaban J connectivity index is 1.98. The maximum absolute atomic E-state index is 11.8. The average Bonchev–Trinajstić information content (AvgIpc) is 3.04. The van der Waals surface area contributed by atoms with Gasteiger partial charge in [-0.3, -0.25) is 4.79 Å². The first-order valence-electron chi connectivity index (χ1n) is 5.44. The summed E-state index contributed by atoms with van der Waals surface area (Å²) in [5.74, 6) is -1.11. The smallest absolute Gasteiger partial charge is 0.328 e. The van der Waals surface area contributed by atoms with E-state index in [1.54, 1.807) is 11.4 Å². The second-order valence-electron chi connectivity index (χ2n) is 3.67. The molecule has 0 aromatic carbocycles. The summed E-state index contributed by atoms with van der Waals surface area (Å²) >= 11 is 2.96. The van der Waals surface area contributed by atoms with Gasteiger partial charge in [0.25, 0.3) is 5.91 Å². The van der Waals surface area contributed by atoms with Crippen LogP contribution in [0.1, 0.15) is 20.8 Å². The second kappa shape index (κ2) is 6.31. The molecule has 0 spiro atoms. The van der Waals surface area contributed by atoms with Crippen molar-refractivity contribution in [2.75, 3.05) is 0 Å². The van der Waals surface area contributed by atoms with E-state index in [4.69, 9.17) is 5.11 Å². The van der Waals surface area contributed by atoms with Gasteiger partial charge < -0.3 is 10.4 Å². The van der Waals surface area contributed by atoms with Crippen molar-refractivity contribution in [3.05, 3.63) is 50.4 Å². The highest BCUT2D eigenvalue weighted by atomic mass is 32.1. The molecule has 2 rings (SSSR count). The molecular weight excluding hydrogens is 282 g/mol. The highest BCUT2D eigenvalue weighted by Crippen LogP contribution is 2.18. The number of carbonyl (C=O) groups excluding carboxylic acids is 1. The van der Waals surface area contributed by atoms with Crippen LogP contribution in [0.5, 0.6) is 0 Å². The second-order valence-corrected chi connectivity index (χ2v) is 5.45. The third-order valence-corrected chi connectivity index (χ3v) is 4.00. The van der Waals surface area contributed by atoms with E-state index in [0.717, 1.165) is 16.5 Å². The molecule has 0 saturated carbocycles. The Morgan fingerprint density at radius 1 is 1.32 bits per heavy atom. The molecule has 4 nitrogen and oxygen atoms in total. The van der Waals surface area contributed by atoms with Gasteiger partial charge in [0.2, 0.25) is 0 Å². The zero-order valence-corrected chi connectivity index (χ0v) is 11.5. The van der Waals surface area contributed by atoms with Crippen LogP contribution in [0.4, 0.5) is 0 Å². The van der Waals surface area contributed by atoms with Gasteiger partial charge in [0.15, 0.2) is 0 Å². The van der Waals surface area contributed by atoms with Gasteiger partial charge in [0, 0.05) is 21.9 Å². The Bertz CT molecular complexity index is 599. The Morgan fingerprint density at radius 3 is 2.84 bits per heavy atom. The van der Waals surface area contributed by atoms with Gasteiger partial charge in [0.1, 0.15) is 0 Å². The van der Waals surface area contributed by atoms with Crippen LogP contribution in [0.15, 0.2) is 34.3 Å². The molecule has 2 heterocycles. The molecule has 0 radical (unpaired) electrons. The highest BCUT2D eigenvalue weighted by Gasteiger charge is 2.07. The maximum atomic E-state index is 11.8. The number of aliphatic carboxylic acids is 1. The van der Waals surface area contributed by atoms with Gasteiger partial charge in [0.05, 0.1) is 6.54 Å². The van der Waals surface area contributed by atoms with E-state index >= 15 is 0 Å². The average molecular weight is 293 g/mol. The SMILES string of the molecule is O=C(O)C=Cc1ccsc1CNC(=O)c1ccsc1. The first-order valence-corrected chi connectivity index (χ1v) is 7.27. The van der Waals surface area contributed by atoms with Crippen molar-refractivity contribution >= 4 is 40.6 Å². The normalized spacial score (nSPS) is 10.7. The zero-order chi connectivity index (χ0) is 13.7.